The van der Waals surface area contributed by atoms with Gasteiger partial charge in [0.1, 0.15) is 5.69 Å². The minimum absolute atomic E-state index is 0.125. The zero-order chi connectivity index (χ0) is 16.9. The van der Waals surface area contributed by atoms with Gasteiger partial charge in [-0.25, -0.2) is 0 Å². The molecule has 0 fully saturated rings. The van der Waals surface area contributed by atoms with Gasteiger partial charge in [0.15, 0.2) is 0 Å². The highest BCUT2D eigenvalue weighted by atomic mass is 16.2. The van der Waals surface area contributed by atoms with E-state index in [1.54, 1.807) is 17.1 Å². The van der Waals surface area contributed by atoms with E-state index in [1.165, 1.54) is 0 Å². The molecule has 0 radical (unpaired) electrons. The average molecular weight is 320 g/mol. The lowest BCUT2D eigenvalue weighted by atomic mass is 10.0. The molecule has 0 atom stereocenters. The number of hydrogen-bond donors (Lipinski definition) is 1. The van der Waals surface area contributed by atoms with Crippen molar-refractivity contribution in [3.05, 3.63) is 71.8 Å². The molecule has 1 amide bonds. The van der Waals surface area contributed by atoms with E-state index in [2.05, 4.69) is 15.4 Å². The summed E-state index contributed by atoms with van der Waals surface area (Å²) in [6.45, 7) is 5.02. The lowest BCUT2D eigenvalue weighted by Gasteiger charge is -2.09. The molecular formula is C19H20N4O. The van der Waals surface area contributed by atoms with Crippen LogP contribution in [0.3, 0.4) is 0 Å². The van der Waals surface area contributed by atoms with E-state index in [0.29, 0.717) is 18.8 Å². The Morgan fingerprint density at radius 1 is 1.17 bits per heavy atom. The maximum absolute atomic E-state index is 12.8. The summed E-state index contributed by atoms with van der Waals surface area (Å²) >= 11 is 0. The van der Waals surface area contributed by atoms with Crippen LogP contribution < -0.4 is 5.32 Å². The molecule has 5 heteroatoms. The fourth-order valence-electron chi connectivity index (χ4n) is 2.76. The monoisotopic (exact) mass is 320 g/mol. The first kappa shape index (κ1) is 15.9. The first-order valence-electron chi connectivity index (χ1n) is 8.00. The van der Waals surface area contributed by atoms with Crippen molar-refractivity contribution in [3.63, 3.8) is 0 Å². The zero-order valence-electron chi connectivity index (χ0n) is 13.9. The van der Waals surface area contributed by atoms with Crippen LogP contribution in [0.1, 0.15) is 28.7 Å². The molecule has 1 N–H and O–H groups in total. The van der Waals surface area contributed by atoms with Crippen LogP contribution in [0.2, 0.25) is 0 Å². The van der Waals surface area contributed by atoms with Gasteiger partial charge in [0.25, 0.3) is 5.91 Å². The number of nitrogens with zero attached hydrogens (tertiary/aromatic N) is 3. The van der Waals surface area contributed by atoms with Gasteiger partial charge in [0.2, 0.25) is 0 Å². The van der Waals surface area contributed by atoms with E-state index in [9.17, 15) is 4.79 Å². The largest absolute Gasteiger partial charge is 0.347 e. The SMILES string of the molecule is CCn1nc(C)c(-c2cccnc2)c1C(=O)NCc1ccccc1. The Morgan fingerprint density at radius 2 is 1.96 bits per heavy atom. The molecule has 0 saturated carbocycles. The number of pyridine rings is 1. The van der Waals surface area contributed by atoms with Crippen LogP contribution in [-0.2, 0) is 13.1 Å². The Morgan fingerprint density at radius 3 is 2.62 bits per heavy atom. The van der Waals surface area contributed by atoms with E-state index in [-0.39, 0.29) is 5.91 Å². The van der Waals surface area contributed by atoms with Gasteiger partial charge in [-0.1, -0.05) is 36.4 Å². The van der Waals surface area contributed by atoms with Gasteiger partial charge in [-0.2, -0.15) is 5.10 Å². The van der Waals surface area contributed by atoms with Crippen molar-refractivity contribution in [2.24, 2.45) is 0 Å². The fraction of sp³-hybridized carbons (Fsp3) is 0.211. The normalized spacial score (nSPS) is 10.6. The van der Waals surface area contributed by atoms with Gasteiger partial charge in [-0.05, 0) is 25.5 Å². The molecule has 0 aliphatic carbocycles. The van der Waals surface area contributed by atoms with Crippen LogP contribution >= 0.6 is 0 Å². The quantitative estimate of drug-likeness (QED) is 0.785. The molecule has 3 rings (SSSR count). The second-order valence-corrected chi connectivity index (χ2v) is 5.53. The molecule has 3 aromatic rings. The van der Waals surface area contributed by atoms with Gasteiger partial charge < -0.3 is 5.32 Å². The summed E-state index contributed by atoms with van der Waals surface area (Å²) in [6.07, 6.45) is 3.48. The van der Waals surface area contributed by atoms with Crippen molar-refractivity contribution in [1.82, 2.24) is 20.1 Å². The van der Waals surface area contributed by atoms with Crippen molar-refractivity contribution < 1.29 is 4.79 Å². The third kappa shape index (κ3) is 3.20. The minimum atomic E-state index is -0.125. The molecule has 122 valence electrons. The number of carbonyl (C=O) groups excluding carboxylic acids is 1. The Hall–Kier alpha value is -2.95. The molecule has 5 nitrogen and oxygen atoms in total. The number of amides is 1. The summed E-state index contributed by atoms with van der Waals surface area (Å²) in [5.41, 5.74) is 4.22. The third-order valence-electron chi connectivity index (χ3n) is 3.89. The first-order chi connectivity index (χ1) is 11.7. The summed E-state index contributed by atoms with van der Waals surface area (Å²) in [5, 5.41) is 7.50. The van der Waals surface area contributed by atoms with Crippen molar-refractivity contribution in [1.29, 1.82) is 0 Å². The summed E-state index contributed by atoms with van der Waals surface area (Å²) < 4.78 is 1.75. The van der Waals surface area contributed by atoms with Gasteiger partial charge in [-0.15, -0.1) is 0 Å². The molecule has 0 bridgehead atoms. The Balaban J connectivity index is 1.92. The van der Waals surface area contributed by atoms with Gasteiger partial charge in [0, 0.05) is 36.6 Å². The van der Waals surface area contributed by atoms with Crippen molar-refractivity contribution in [3.8, 4) is 11.1 Å². The van der Waals surface area contributed by atoms with Crippen LogP contribution in [0, 0.1) is 6.92 Å². The molecule has 0 unspecified atom stereocenters. The molecule has 2 heterocycles. The number of nitrogens with one attached hydrogen (secondary N) is 1. The number of rotatable bonds is 5. The van der Waals surface area contributed by atoms with Gasteiger partial charge in [0.05, 0.1) is 5.69 Å². The van der Waals surface area contributed by atoms with E-state index >= 15 is 0 Å². The average Bonchev–Trinajstić information content (AvgIpc) is 2.98. The van der Waals surface area contributed by atoms with Crippen molar-refractivity contribution in [2.45, 2.75) is 26.9 Å². The predicted molar refractivity (Wildman–Crippen MR) is 93.5 cm³/mol. The minimum Gasteiger partial charge on any atom is -0.347 e. The second-order valence-electron chi connectivity index (χ2n) is 5.53. The molecule has 0 saturated heterocycles. The van der Waals surface area contributed by atoms with E-state index in [1.807, 2.05) is 56.3 Å². The molecule has 0 aliphatic rings. The molecule has 24 heavy (non-hydrogen) atoms. The molecule has 0 spiro atoms. The maximum atomic E-state index is 12.8. The first-order valence-corrected chi connectivity index (χ1v) is 8.00. The summed E-state index contributed by atoms with van der Waals surface area (Å²) in [7, 11) is 0. The fourth-order valence-corrected chi connectivity index (χ4v) is 2.76. The summed E-state index contributed by atoms with van der Waals surface area (Å²) in [4.78, 5) is 17.0. The van der Waals surface area contributed by atoms with Crippen molar-refractivity contribution in [2.75, 3.05) is 0 Å². The number of benzene rings is 1. The Kier molecular flexibility index (Phi) is 4.70. The third-order valence-corrected chi connectivity index (χ3v) is 3.89. The van der Waals surface area contributed by atoms with Crippen LogP contribution in [-0.4, -0.2) is 20.7 Å². The molecular weight excluding hydrogens is 300 g/mol. The molecule has 0 aliphatic heterocycles. The molecule has 2 aromatic heterocycles. The van der Waals surface area contributed by atoms with E-state index in [4.69, 9.17) is 0 Å². The maximum Gasteiger partial charge on any atom is 0.270 e. The van der Waals surface area contributed by atoms with Crippen LogP contribution in [0.5, 0.6) is 0 Å². The van der Waals surface area contributed by atoms with E-state index in [0.717, 1.165) is 22.4 Å². The highest BCUT2D eigenvalue weighted by molar-refractivity contribution is 5.99. The summed E-state index contributed by atoms with van der Waals surface area (Å²) in [6, 6.07) is 13.7. The standard InChI is InChI=1S/C19H20N4O/c1-3-23-18(19(24)21-12-15-8-5-4-6-9-15)17(14(2)22-23)16-10-7-11-20-13-16/h4-11,13H,3,12H2,1-2H3,(H,21,24). The number of aryl methyl sites for hydroxylation is 2. The highest BCUT2D eigenvalue weighted by Gasteiger charge is 2.22. The molecule has 1 aromatic carbocycles. The summed E-state index contributed by atoms with van der Waals surface area (Å²) in [5.74, 6) is -0.125. The van der Waals surface area contributed by atoms with Gasteiger partial charge >= 0.3 is 0 Å². The lowest BCUT2D eigenvalue weighted by Crippen LogP contribution is -2.26. The van der Waals surface area contributed by atoms with Gasteiger partial charge in [-0.3, -0.25) is 14.5 Å². The van der Waals surface area contributed by atoms with Crippen LogP contribution in [0.25, 0.3) is 11.1 Å². The van der Waals surface area contributed by atoms with Crippen LogP contribution in [0.15, 0.2) is 54.9 Å². The van der Waals surface area contributed by atoms with E-state index < -0.39 is 0 Å². The zero-order valence-corrected chi connectivity index (χ0v) is 13.9. The lowest BCUT2D eigenvalue weighted by molar-refractivity contribution is 0.0941. The number of aromatic nitrogens is 3. The smallest absolute Gasteiger partial charge is 0.270 e. The number of carbonyl (C=O) groups is 1. The highest BCUT2D eigenvalue weighted by Crippen LogP contribution is 2.26. The Bertz CT molecular complexity index is 825. The number of hydrogen-bond acceptors (Lipinski definition) is 3. The second kappa shape index (κ2) is 7.08. The van der Waals surface area contributed by atoms with Crippen LogP contribution in [0.4, 0.5) is 0 Å². The topological polar surface area (TPSA) is 59.8 Å². The Labute approximate surface area is 141 Å². The predicted octanol–water partition coefficient (Wildman–Crippen LogP) is 3.20. The van der Waals surface area contributed by atoms with Crippen molar-refractivity contribution >= 4 is 5.91 Å².